The van der Waals surface area contributed by atoms with Gasteiger partial charge in [0.05, 0.1) is 26.1 Å². The summed E-state index contributed by atoms with van der Waals surface area (Å²) in [5.74, 6) is 0.435. The van der Waals surface area contributed by atoms with Gasteiger partial charge in [0.25, 0.3) is 0 Å². The Hall–Kier alpha value is -2.70. The van der Waals surface area contributed by atoms with Gasteiger partial charge in [-0.3, -0.25) is 9.13 Å². The molecule has 238 valence electrons. The van der Waals surface area contributed by atoms with Gasteiger partial charge in [0.2, 0.25) is 0 Å². The second-order valence-corrected chi connectivity index (χ2v) is 13.7. The molecule has 4 atom stereocenters. The second-order valence-electron chi connectivity index (χ2n) is 11.7. The molecule has 4 heterocycles. The molecule has 3 aromatic rings. The largest absolute Gasteiger partial charge is 0.366 e. The van der Waals surface area contributed by atoms with Crippen molar-refractivity contribution in [3.63, 3.8) is 0 Å². The summed E-state index contributed by atoms with van der Waals surface area (Å²) in [4.78, 5) is 14.5. The van der Waals surface area contributed by atoms with Gasteiger partial charge in [0, 0.05) is 6.04 Å². The lowest BCUT2D eigenvalue weighted by atomic mass is 10.1. The van der Waals surface area contributed by atoms with Gasteiger partial charge in [-0.2, -0.15) is 0 Å². The van der Waals surface area contributed by atoms with Gasteiger partial charge in [-0.25, -0.2) is 15.0 Å². The van der Waals surface area contributed by atoms with Crippen LogP contribution in [0.2, 0.25) is 0 Å². The van der Waals surface area contributed by atoms with Crippen molar-refractivity contribution in [2.45, 2.75) is 89.7 Å². The Bertz CT molecular complexity index is 1480. The van der Waals surface area contributed by atoms with Crippen LogP contribution in [0.4, 0.5) is 5.82 Å². The molecule has 1 aliphatic carbocycles. The predicted octanol–water partition coefficient (Wildman–Crippen LogP) is 6.01. The van der Waals surface area contributed by atoms with E-state index in [2.05, 4.69) is 5.32 Å². The van der Waals surface area contributed by atoms with Crippen molar-refractivity contribution >= 4 is 36.7 Å². The van der Waals surface area contributed by atoms with Gasteiger partial charge in [-0.15, -0.1) is 0 Å². The summed E-state index contributed by atoms with van der Waals surface area (Å²) in [6.45, 7) is 7.92. The Morgan fingerprint density at radius 3 is 2.50 bits per heavy atom. The first-order valence-electron chi connectivity index (χ1n) is 15.5. The van der Waals surface area contributed by atoms with Crippen LogP contribution >= 0.6 is 7.60 Å². The van der Waals surface area contributed by atoms with Crippen molar-refractivity contribution in [1.82, 2.24) is 19.5 Å². The van der Waals surface area contributed by atoms with Gasteiger partial charge >= 0.3 is 7.60 Å². The lowest BCUT2D eigenvalue weighted by Gasteiger charge is -2.25. The molecule has 6 rings (SSSR count). The summed E-state index contributed by atoms with van der Waals surface area (Å²) in [5.41, 5.74) is 2.35. The fourth-order valence-electron chi connectivity index (χ4n) is 6.10. The number of anilines is 1. The minimum Gasteiger partial charge on any atom is -0.366 e. The van der Waals surface area contributed by atoms with Crippen LogP contribution in [0.15, 0.2) is 36.7 Å². The summed E-state index contributed by atoms with van der Waals surface area (Å²) in [5, 5.41) is 3.63. The summed E-state index contributed by atoms with van der Waals surface area (Å²) in [6.07, 6.45) is 8.05. The molecular formula is C31H42N5O7P. The molecular weight excluding hydrogens is 585 g/mol. The van der Waals surface area contributed by atoms with Gasteiger partial charge in [0.15, 0.2) is 34.8 Å². The Morgan fingerprint density at radius 1 is 1.05 bits per heavy atom. The first-order chi connectivity index (χ1) is 21.3. The topological polar surface area (TPSA) is 128 Å². The Morgan fingerprint density at radius 2 is 1.77 bits per heavy atom. The number of benzene rings is 1. The zero-order valence-corrected chi connectivity index (χ0v) is 26.7. The number of nitrogens with zero attached hydrogens (tertiary/aromatic N) is 4. The number of nitrogens with one attached hydrogen (secondary N) is 1. The highest BCUT2D eigenvalue weighted by molar-refractivity contribution is 7.53. The molecule has 0 amide bonds. The number of imidazole rings is 1. The monoisotopic (exact) mass is 627 g/mol. The molecule has 44 heavy (non-hydrogen) atoms. The summed E-state index contributed by atoms with van der Waals surface area (Å²) in [6, 6.07) is 10.4. The molecule has 3 fully saturated rings. The van der Waals surface area contributed by atoms with Crippen LogP contribution in [0.5, 0.6) is 0 Å². The molecule has 0 bridgehead atoms. The van der Waals surface area contributed by atoms with Crippen LogP contribution in [-0.2, 0) is 32.6 Å². The lowest BCUT2D eigenvalue weighted by molar-refractivity contribution is -0.201. The number of rotatable bonds is 13. The van der Waals surface area contributed by atoms with Crippen LogP contribution in [0.1, 0.15) is 71.0 Å². The van der Waals surface area contributed by atoms with E-state index < -0.39 is 37.9 Å². The summed E-state index contributed by atoms with van der Waals surface area (Å²) in [7, 11) is -3.37. The minimum absolute atomic E-state index is 0.114. The van der Waals surface area contributed by atoms with E-state index >= 15 is 0 Å². The van der Waals surface area contributed by atoms with Crippen LogP contribution < -0.4 is 5.32 Å². The smallest absolute Gasteiger partial charge is 0.356 e. The molecule has 2 aliphatic heterocycles. The average Bonchev–Trinajstić information content (AvgIpc) is 3.78. The zero-order chi connectivity index (χ0) is 30.7. The van der Waals surface area contributed by atoms with E-state index in [0.29, 0.717) is 28.8 Å². The van der Waals surface area contributed by atoms with E-state index in [9.17, 15) is 4.57 Å². The number of fused-ring (bicyclic) bond motifs is 2. The molecule has 1 saturated carbocycles. The van der Waals surface area contributed by atoms with Gasteiger partial charge in [-0.1, -0.05) is 49.2 Å². The van der Waals surface area contributed by atoms with Crippen molar-refractivity contribution in [2.75, 3.05) is 31.5 Å². The molecule has 0 unspecified atom stereocenters. The van der Waals surface area contributed by atoms with E-state index in [0.717, 1.165) is 18.4 Å². The van der Waals surface area contributed by atoms with Crippen LogP contribution in [-0.4, -0.2) is 75.8 Å². The summed E-state index contributed by atoms with van der Waals surface area (Å²) < 4.78 is 50.6. The van der Waals surface area contributed by atoms with Crippen LogP contribution in [0.25, 0.3) is 23.3 Å². The van der Waals surface area contributed by atoms with Gasteiger partial charge in [0.1, 0.15) is 24.7 Å². The molecule has 13 heteroatoms. The quantitative estimate of drug-likeness (QED) is 0.224. The normalized spacial score (nSPS) is 25.4. The number of hydrogen-bond acceptors (Lipinski definition) is 11. The van der Waals surface area contributed by atoms with Gasteiger partial charge < -0.3 is 33.3 Å². The van der Waals surface area contributed by atoms with E-state index in [1.54, 1.807) is 20.2 Å². The van der Waals surface area contributed by atoms with Crippen LogP contribution in [0, 0.1) is 0 Å². The zero-order valence-electron chi connectivity index (χ0n) is 25.8. The SMILES string of the molecule is CCOP(=O)(COC[C@H]1O[C@@H](n2cnc3c(NC4CCCC4)nc(/C=C/c4ccccc4)nc32)[C@@H]2OC(C)(C)O[C@@H]21)OCC. The third-order valence-electron chi connectivity index (χ3n) is 7.94. The molecule has 0 radical (unpaired) electrons. The minimum atomic E-state index is -3.37. The second kappa shape index (κ2) is 13.3. The maximum absolute atomic E-state index is 12.9. The Labute approximate surface area is 258 Å². The first-order valence-corrected chi connectivity index (χ1v) is 17.2. The third-order valence-corrected chi connectivity index (χ3v) is 9.74. The highest BCUT2D eigenvalue weighted by atomic mass is 31.2. The van der Waals surface area contributed by atoms with Crippen LogP contribution in [0.3, 0.4) is 0 Å². The lowest BCUT2D eigenvalue weighted by Crippen LogP contribution is -2.33. The van der Waals surface area contributed by atoms with Crippen molar-refractivity contribution in [1.29, 1.82) is 0 Å². The predicted molar refractivity (Wildman–Crippen MR) is 166 cm³/mol. The van der Waals surface area contributed by atoms with Crippen molar-refractivity contribution in [3.05, 3.63) is 48.0 Å². The number of ether oxygens (including phenoxy) is 4. The third kappa shape index (κ3) is 6.92. The average molecular weight is 628 g/mol. The van der Waals surface area contributed by atoms with E-state index in [1.807, 2.05) is 60.9 Å². The molecule has 12 nitrogen and oxygen atoms in total. The van der Waals surface area contributed by atoms with E-state index in [4.69, 9.17) is 42.9 Å². The fourth-order valence-corrected chi connectivity index (χ4v) is 7.44. The maximum Gasteiger partial charge on any atom is 0.356 e. The Balaban J connectivity index is 1.29. The van der Waals surface area contributed by atoms with Crippen molar-refractivity contribution in [2.24, 2.45) is 0 Å². The summed E-state index contributed by atoms with van der Waals surface area (Å²) >= 11 is 0. The molecule has 3 aliphatic rings. The van der Waals surface area contributed by atoms with Crippen molar-refractivity contribution in [3.8, 4) is 0 Å². The number of hydrogen-bond donors (Lipinski definition) is 1. The first kappa shape index (κ1) is 31.3. The van der Waals surface area contributed by atoms with Crippen molar-refractivity contribution < 1.29 is 32.6 Å². The molecule has 1 N–H and O–H groups in total. The molecule has 2 aromatic heterocycles. The van der Waals surface area contributed by atoms with E-state index in [1.165, 1.54) is 12.8 Å². The molecule has 0 spiro atoms. The highest BCUT2D eigenvalue weighted by Crippen LogP contribution is 2.49. The molecule has 1 aromatic carbocycles. The standard InChI is InChI=1S/C31H42N5O7P/c1-5-39-44(37,40-6-2)20-38-18-23-26-27(43-31(3,4)42-26)30(41-23)36-19-32-25-28(33-22-14-10-11-15-22)34-24(35-29(25)36)17-16-21-12-8-7-9-13-21/h7-9,12-13,16-17,19,22-23,26-27,30H,5-6,10-11,14-15,18,20H2,1-4H3,(H,33,34,35)/b17-16+/t23-,26-,27-,30-/m1/s1. The highest BCUT2D eigenvalue weighted by Gasteiger charge is 2.56. The van der Waals surface area contributed by atoms with Gasteiger partial charge in [-0.05, 0) is 52.2 Å². The fraction of sp³-hybridized carbons (Fsp3) is 0.581. The number of aromatic nitrogens is 4. The van der Waals surface area contributed by atoms with E-state index in [-0.39, 0.29) is 26.2 Å². The maximum atomic E-state index is 12.9. The Kier molecular flexibility index (Phi) is 9.49. The molecule has 2 saturated heterocycles.